The van der Waals surface area contributed by atoms with Gasteiger partial charge in [0.2, 0.25) is 0 Å². The van der Waals surface area contributed by atoms with Crippen LogP contribution in [0, 0.1) is 0 Å². The number of ether oxygens (including phenoxy) is 2. The van der Waals surface area contributed by atoms with Crippen LogP contribution in [0.1, 0.15) is 22.2 Å². The molecule has 0 aliphatic rings. The molecule has 1 aromatic carbocycles. The maximum atomic E-state index is 5.91. The molecule has 0 aliphatic carbocycles. The molecule has 2 nitrogen and oxygen atoms in total. The van der Waals surface area contributed by atoms with E-state index in [-0.39, 0.29) is 0 Å². The van der Waals surface area contributed by atoms with Crippen LogP contribution in [0.15, 0.2) is 30.3 Å². The smallest absolute Gasteiger partial charge is 0.127 e. The summed E-state index contributed by atoms with van der Waals surface area (Å²) >= 11 is 5.29. The van der Waals surface area contributed by atoms with E-state index in [1.54, 1.807) is 7.11 Å². The number of hydrogen-bond donors (Lipinski definition) is 0. The molecule has 0 radical (unpaired) electrons. The van der Waals surface area contributed by atoms with E-state index in [1.165, 1.54) is 9.75 Å². The third-order valence-electron chi connectivity index (χ3n) is 2.85. The Hall–Kier alpha value is -1.000. The fourth-order valence-electron chi connectivity index (χ4n) is 1.75. The van der Waals surface area contributed by atoms with Crippen LogP contribution in [0.4, 0.5) is 0 Å². The van der Waals surface area contributed by atoms with Gasteiger partial charge in [-0.3, -0.25) is 0 Å². The maximum Gasteiger partial charge on any atom is 0.127 e. The Bertz CT molecular complexity index is 537. The average Bonchev–Trinajstić information content (AvgIpc) is 2.92. The van der Waals surface area contributed by atoms with E-state index in [1.807, 2.05) is 29.5 Å². The Kier molecular flexibility index (Phi) is 5.28. The first-order valence-electron chi connectivity index (χ1n) is 6.20. The Morgan fingerprint density at radius 2 is 1.95 bits per heavy atom. The minimum atomic E-state index is 0.609. The van der Waals surface area contributed by atoms with Crippen molar-refractivity contribution in [2.45, 2.75) is 25.3 Å². The van der Waals surface area contributed by atoms with Crippen molar-refractivity contribution < 1.29 is 9.47 Å². The minimum absolute atomic E-state index is 0.609. The van der Waals surface area contributed by atoms with Crippen LogP contribution in [0.25, 0.3) is 0 Å². The fraction of sp³-hybridized carbons (Fsp3) is 0.333. The molecule has 1 heterocycles. The molecule has 0 atom stereocenters. The molecule has 0 saturated carbocycles. The zero-order valence-electron chi connectivity index (χ0n) is 11.1. The topological polar surface area (TPSA) is 18.5 Å². The van der Waals surface area contributed by atoms with Gasteiger partial charge in [-0.15, -0.1) is 11.3 Å². The summed E-state index contributed by atoms with van der Waals surface area (Å²) in [7, 11) is 1.67. The Labute approximate surface area is 126 Å². The van der Waals surface area contributed by atoms with Crippen molar-refractivity contribution in [2.75, 3.05) is 7.11 Å². The summed E-state index contributed by atoms with van der Waals surface area (Å²) in [6, 6.07) is 10.2. The lowest BCUT2D eigenvalue weighted by Crippen LogP contribution is -1.97. The van der Waals surface area contributed by atoms with E-state index in [0.717, 1.165) is 28.8 Å². The molecule has 0 N–H and O–H groups in total. The molecular formula is C15H17BrO2S. The molecule has 0 fully saturated rings. The summed E-state index contributed by atoms with van der Waals surface area (Å²) in [4.78, 5) is 2.64. The van der Waals surface area contributed by atoms with Crippen molar-refractivity contribution in [3.05, 3.63) is 45.6 Å². The van der Waals surface area contributed by atoms with Crippen molar-refractivity contribution >= 4 is 27.3 Å². The largest absolute Gasteiger partial charge is 0.497 e. The summed E-state index contributed by atoms with van der Waals surface area (Å²) in [5, 5.41) is 0.775. The lowest BCUT2D eigenvalue weighted by Gasteiger charge is -2.11. The minimum Gasteiger partial charge on any atom is -0.497 e. The molecule has 0 unspecified atom stereocenters. The van der Waals surface area contributed by atoms with Gasteiger partial charge < -0.3 is 9.47 Å². The number of aryl methyl sites for hydroxylation is 1. The van der Waals surface area contributed by atoms with Crippen molar-refractivity contribution in [3.8, 4) is 11.5 Å². The van der Waals surface area contributed by atoms with E-state index in [0.29, 0.717) is 6.61 Å². The third kappa shape index (κ3) is 3.74. The van der Waals surface area contributed by atoms with Gasteiger partial charge in [0.25, 0.3) is 0 Å². The number of methoxy groups -OCH3 is 1. The van der Waals surface area contributed by atoms with E-state index >= 15 is 0 Å². The maximum absolute atomic E-state index is 5.91. The average molecular weight is 341 g/mol. The molecule has 0 spiro atoms. The third-order valence-corrected chi connectivity index (χ3v) is 4.66. The molecule has 0 bridgehead atoms. The Morgan fingerprint density at radius 1 is 1.16 bits per heavy atom. The second kappa shape index (κ2) is 6.96. The zero-order chi connectivity index (χ0) is 13.7. The van der Waals surface area contributed by atoms with Crippen LogP contribution in [0.2, 0.25) is 0 Å². The predicted octanol–water partition coefficient (Wildman–Crippen LogP) is 4.79. The van der Waals surface area contributed by atoms with Gasteiger partial charge in [0.05, 0.1) is 7.11 Å². The highest BCUT2D eigenvalue weighted by Gasteiger charge is 2.06. The van der Waals surface area contributed by atoms with Gasteiger partial charge in [-0.1, -0.05) is 28.9 Å². The van der Waals surface area contributed by atoms with Crippen molar-refractivity contribution in [1.29, 1.82) is 0 Å². The first-order valence-corrected chi connectivity index (χ1v) is 8.14. The van der Waals surface area contributed by atoms with E-state index < -0.39 is 0 Å². The highest BCUT2D eigenvalue weighted by atomic mass is 79.9. The first kappa shape index (κ1) is 14.4. The first-order chi connectivity index (χ1) is 9.26. The molecule has 102 valence electrons. The van der Waals surface area contributed by atoms with Crippen molar-refractivity contribution in [2.24, 2.45) is 0 Å². The van der Waals surface area contributed by atoms with E-state index in [4.69, 9.17) is 9.47 Å². The Morgan fingerprint density at radius 3 is 2.58 bits per heavy atom. The quantitative estimate of drug-likeness (QED) is 0.703. The second-order valence-corrected chi connectivity index (χ2v) is 5.93. The van der Waals surface area contributed by atoms with Crippen LogP contribution in [0.5, 0.6) is 11.5 Å². The molecular weight excluding hydrogens is 324 g/mol. The van der Waals surface area contributed by atoms with Gasteiger partial charge in [0.15, 0.2) is 0 Å². The van der Waals surface area contributed by atoms with Gasteiger partial charge in [-0.05, 0) is 24.6 Å². The lowest BCUT2D eigenvalue weighted by molar-refractivity contribution is 0.305. The second-order valence-electron chi connectivity index (χ2n) is 4.12. The summed E-state index contributed by atoms with van der Waals surface area (Å²) in [5.74, 6) is 1.70. The van der Waals surface area contributed by atoms with Gasteiger partial charge in [0.1, 0.15) is 18.1 Å². The zero-order valence-corrected chi connectivity index (χ0v) is 13.5. The monoisotopic (exact) mass is 340 g/mol. The van der Waals surface area contributed by atoms with E-state index in [9.17, 15) is 0 Å². The fourth-order valence-corrected chi connectivity index (χ4v) is 3.08. The van der Waals surface area contributed by atoms with Crippen LogP contribution >= 0.6 is 27.3 Å². The van der Waals surface area contributed by atoms with Gasteiger partial charge in [0, 0.05) is 26.7 Å². The van der Waals surface area contributed by atoms with Crippen molar-refractivity contribution in [1.82, 2.24) is 0 Å². The van der Waals surface area contributed by atoms with E-state index in [2.05, 4.69) is 35.0 Å². The number of rotatable bonds is 6. The molecule has 0 saturated heterocycles. The van der Waals surface area contributed by atoms with Crippen molar-refractivity contribution in [3.63, 3.8) is 0 Å². The van der Waals surface area contributed by atoms with Crippen LogP contribution in [0.3, 0.4) is 0 Å². The Balaban J connectivity index is 2.09. The number of hydrogen-bond acceptors (Lipinski definition) is 3. The molecule has 19 heavy (non-hydrogen) atoms. The molecule has 2 aromatic rings. The number of alkyl halides is 1. The lowest BCUT2D eigenvalue weighted by atomic mass is 10.2. The van der Waals surface area contributed by atoms with Crippen LogP contribution in [-0.4, -0.2) is 7.11 Å². The van der Waals surface area contributed by atoms with Gasteiger partial charge in [-0.25, -0.2) is 0 Å². The molecule has 0 aliphatic heterocycles. The predicted molar refractivity (Wildman–Crippen MR) is 83.7 cm³/mol. The number of benzene rings is 1. The highest BCUT2D eigenvalue weighted by molar-refractivity contribution is 9.08. The highest BCUT2D eigenvalue weighted by Crippen LogP contribution is 2.28. The van der Waals surface area contributed by atoms with Gasteiger partial charge >= 0.3 is 0 Å². The van der Waals surface area contributed by atoms with Crippen LogP contribution < -0.4 is 9.47 Å². The molecule has 1 aromatic heterocycles. The SMILES string of the molecule is CCc1ccc(COc2cc(OC)ccc2CBr)s1. The summed E-state index contributed by atoms with van der Waals surface area (Å²) in [5.41, 5.74) is 1.13. The summed E-state index contributed by atoms with van der Waals surface area (Å²) in [6.07, 6.45) is 1.08. The molecule has 0 amide bonds. The van der Waals surface area contributed by atoms with Crippen LogP contribution in [-0.2, 0) is 18.4 Å². The van der Waals surface area contributed by atoms with Gasteiger partial charge in [-0.2, -0.15) is 0 Å². The normalized spacial score (nSPS) is 10.5. The summed E-state index contributed by atoms with van der Waals surface area (Å²) < 4.78 is 11.2. The number of thiophene rings is 1. The molecule has 4 heteroatoms. The summed E-state index contributed by atoms with van der Waals surface area (Å²) in [6.45, 7) is 2.78. The standard InChI is InChI=1S/C15H17BrO2S/c1-3-13-6-7-14(19-13)10-18-15-8-12(17-2)5-4-11(15)9-16/h4-8H,3,9-10H2,1-2H3. The molecule has 2 rings (SSSR count). The number of halogens is 1.